The quantitative estimate of drug-likeness (QED) is 0.309. The highest BCUT2D eigenvalue weighted by atomic mass is 79.9. The molecule has 28 heavy (non-hydrogen) atoms. The van der Waals surface area contributed by atoms with Crippen LogP contribution in [0.15, 0.2) is 80.8 Å². The van der Waals surface area contributed by atoms with Gasteiger partial charge in [0, 0.05) is 15.1 Å². The molecule has 3 aromatic rings. The van der Waals surface area contributed by atoms with Crippen LogP contribution in [0.3, 0.4) is 0 Å². The van der Waals surface area contributed by atoms with Gasteiger partial charge in [0.15, 0.2) is 0 Å². The molecule has 0 aliphatic carbocycles. The number of carbonyl (C=O) groups excluding carboxylic acids is 1. The number of nitrogens with one attached hydrogen (secondary N) is 1. The maximum atomic E-state index is 12.0. The second-order valence-electron chi connectivity index (χ2n) is 5.81. The minimum Gasteiger partial charge on any atom is -0.488 e. The number of rotatable bonds is 6. The van der Waals surface area contributed by atoms with Crippen LogP contribution in [-0.2, 0) is 6.61 Å². The van der Waals surface area contributed by atoms with Gasteiger partial charge in [0.05, 0.1) is 10.7 Å². The minimum absolute atomic E-state index is 0.272. The number of ether oxygens (including phenoxy) is 1. The summed E-state index contributed by atoms with van der Waals surface area (Å²) >= 11 is 12.7. The van der Waals surface area contributed by atoms with Gasteiger partial charge in [-0.1, -0.05) is 39.7 Å². The van der Waals surface area contributed by atoms with Gasteiger partial charge in [0.2, 0.25) is 0 Å². The van der Waals surface area contributed by atoms with Gasteiger partial charge in [-0.25, -0.2) is 5.43 Å². The zero-order valence-corrected chi connectivity index (χ0v) is 18.5. The molecule has 7 heteroatoms. The van der Waals surface area contributed by atoms with E-state index in [-0.39, 0.29) is 5.91 Å². The minimum atomic E-state index is -0.272. The number of amides is 1. The number of hydrogen-bond acceptors (Lipinski definition) is 3. The second-order valence-corrected chi connectivity index (χ2v) is 8.02. The van der Waals surface area contributed by atoms with Crippen molar-refractivity contribution in [1.82, 2.24) is 5.43 Å². The van der Waals surface area contributed by atoms with E-state index < -0.39 is 0 Å². The fourth-order valence-electron chi connectivity index (χ4n) is 2.29. The summed E-state index contributed by atoms with van der Waals surface area (Å²) in [4.78, 5) is 12.0. The van der Waals surface area contributed by atoms with Crippen molar-refractivity contribution in [2.45, 2.75) is 6.61 Å². The van der Waals surface area contributed by atoms with Crippen molar-refractivity contribution >= 4 is 55.6 Å². The molecule has 0 saturated carbocycles. The molecule has 0 bridgehead atoms. The normalized spacial score (nSPS) is 10.8. The Morgan fingerprint density at radius 2 is 1.75 bits per heavy atom. The fourth-order valence-corrected chi connectivity index (χ4v) is 3.19. The molecule has 1 amide bonds. The third-order valence-electron chi connectivity index (χ3n) is 3.75. The second kappa shape index (κ2) is 9.87. The first-order chi connectivity index (χ1) is 13.5. The molecule has 0 radical (unpaired) electrons. The van der Waals surface area contributed by atoms with Gasteiger partial charge in [-0.2, -0.15) is 5.10 Å². The van der Waals surface area contributed by atoms with E-state index in [0.717, 1.165) is 20.1 Å². The molecule has 0 heterocycles. The van der Waals surface area contributed by atoms with Crippen LogP contribution in [0.25, 0.3) is 0 Å². The molecule has 0 aliphatic rings. The number of nitrogens with zero attached hydrogens (tertiary/aromatic N) is 1. The lowest BCUT2D eigenvalue weighted by molar-refractivity contribution is 0.0955. The van der Waals surface area contributed by atoms with E-state index in [1.807, 2.05) is 42.5 Å². The Morgan fingerprint density at radius 1 is 1.04 bits per heavy atom. The molecular weight excluding hydrogens is 508 g/mol. The van der Waals surface area contributed by atoms with Crippen molar-refractivity contribution in [3.05, 3.63) is 97.4 Å². The Kier molecular flexibility index (Phi) is 7.25. The van der Waals surface area contributed by atoms with Gasteiger partial charge in [-0.05, 0) is 81.7 Å². The summed E-state index contributed by atoms with van der Waals surface area (Å²) in [5, 5.41) is 4.70. The maximum Gasteiger partial charge on any atom is 0.271 e. The van der Waals surface area contributed by atoms with E-state index >= 15 is 0 Å². The zero-order chi connectivity index (χ0) is 19.9. The molecule has 0 unspecified atom stereocenters. The Balaban J connectivity index is 1.57. The monoisotopic (exact) mass is 520 g/mol. The first kappa shape index (κ1) is 20.6. The summed E-state index contributed by atoms with van der Waals surface area (Å²) in [6.45, 7) is 0.437. The van der Waals surface area contributed by atoms with Crippen LogP contribution in [0.4, 0.5) is 0 Å². The van der Waals surface area contributed by atoms with Crippen molar-refractivity contribution in [2.24, 2.45) is 5.10 Å². The zero-order valence-electron chi connectivity index (χ0n) is 14.5. The standard InChI is InChI=1S/C21H15Br2ClN2O2/c22-17-6-4-16(5-7-17)21(27)26-25-12-15-3-10-20(19(23)11-15)28-13-14-1-8-18(24)9-2-14/h1-12H,13H2,(H,26,27)/b25-12-. The van der Waals surface area contributed by atoms with E-state index in [1.165, 1.54) is 0 Å². The highest BCUT2D eigenvalue weighted by Crippen LogP contribution is 2.26. The average Bonchev–Trinajstić information content (AvgIpc) is 2.69. The molecule has 1 N–H and O–H groups in total. The van der Waals surface area contributed by atoms with Crippen LogP contribution in [0.2, 0.25) is 5.02 Å². The lowest BCUT2D eigenvalue weighted by Crippen LogP contribution is -2.17. The molecule has 3 rings (SSSR count). The van der Waals surface area contributed by atoms with E-state index in [0.29, 0.717) is 22.9 Å². The van der Waals surface area contributed by atoms with Gasteiger partial charge in [0.25, 0.3) is 5.91 Å². The fraction of sp³-hybridized carbons (Fsp3) is 0.0476. The van der Waals surface area contributed by atoms with Gasteiger partial charge in [-0.15, -0.1) is 0 Å². The van der Waals surface area contributed by atoms with Crippen LogP contribution in [0.5, 0.6) is 5.75 Å². The van der Waals surface area contributed by atoms with Crippen LogP contribution in [-0.4, -0.2) is 12.1 Å². The van der Waals surface area contributed by atoms with Gasteiger partial charge < -0.3 is 4.74 Å². The van der Waals surface area contributed by atoms with E-state index in [1.54, 1.807) is 30.5 Å². The Morgan fingerprint density at radius 3 is 2.43 bits per heavy atom. The van der Waals surface area contributed by atoms with Crippen LogP contribution < -0.4 is 10.2 Å². The first-order valence-electron chi connectivity index (χ1n) is 8.27. The Labute approximate surface area is 184 Å². The van der Waals surface area contributed by atoms with E-state index in [4.69, 9.17) is 16.3 Å². The third kappa shape index (κ3) is 5.92. The summed E-state index contributed by atoms with van der Waals surface area (Å²) in [5.74, 6) is 0.441. The molecule has 0 saturated heterocycles. The van der Waals surface area contributed by atoms with Gasteiger partial charge in [0.1, 0.15) is 12.4 Å². The molecular formula is C21H15Br2ClN2O2. The number of halogens is 3. The topological polar surface area (TPSA) is 50.7 Å². The highest BCUT2D eigenvalue weighted by Gasteiger charge is 2.05. The molecule has 3 aromatic carbocycles. The Hall–Kier alpha value is -2.15. The van der Waals surface area contributed by atoms with Crippen molar-refractivity contribution in [3.63, 3.8) is 0 Å². The molecule has 0 fully saturated rings. The van der Waals surface area contributed by atoms with Crippen molar-refractivity contribution in [1.29, 1.82) is 0 Å². The van der Waals surface area contributed by atoms with Crippen molar-refractivity contribution < 1.29 is 9.53 Å². The molecule has 0 aliphatic heterocycles. The summed E-state index contributed by atoms with van der Waals surface area (Å²) in [7, 11) is 0. The van der Waals surface area contributed by atoms with Gasteiger partial charge in [-0.3, -0.25) is 4.79 Å². The predicted molar refractivity (Wildman–Crippen MR) is 119 cm³/mol. The lowest BCUT2D eigenvalue weighted by atomic mass is 10.2. The largest absolute Gasteiger partial charge is 0.488 e. The molecule has 4 nitrogen and oxygen atoms in total. The van der Waals surface area contributed by atoms with Crippen molar-refractivity contribution in [2.75, 3.05) is 0 Å². The van der Waals surface area contributed by atoms with Crippen LogP contribution in [0, 0.1) is 0 Å². The molecule has 142 valence electrons. The van der Waals surface area contributed by atoms with E-state index in [2.05, 4.69) is 42.4 Å². The summed E-state index contributed by atoms with van der Waals surface area (Å²) in [5.41, 5.74) is 4.89. The molecule has 0 aromatic heterocycles. The average molecular weight is 523 g/mol. The van der Waals surface area contributed by atoms with Gasteiger partial charge >= 0.3 is 0 Å². The number of hydrogen-bond donors (Lipinski definition) is 1. The van der Waals surface area contributed by atoms with E-state index in [9.17, 15) is 4.79 Å². The molecule has 0 atom stereocenters. The number of hydrazone groups is 1. The van der Waals surface area contributed by atoms with Crippen LogP contribution in [0.1, 0.15) is 21.5 Å². The smallest absolute Gasteiger partial charge is 0.271 e. The Bertz CT molecular complexity index is 990. The summed E-state index contributed by atoms with van der Waals surface area (Å²) in [6.07, 6.45) is 1.57. The number of carbonyl (C=O) groups is 1. The summed E-state index contributed by atoms with van der Waals surface area (Å²) in [6, 6.07) is 20.1. The lowest BCUT2D eigenvalue weighted by Gasteiger charge is -2.09. The van der Waals surface area contributed by atoms with Crippen molar-refractivity contribution in [3.8, 4) is 5.75 Å². The molecule has 0 spiro atoms. The predicted octanol–water partition coefficient (Wildman–Crippen LogP) is 6.21. The highest BCUT2D eigenvalue weighted by molar-refractivity contribution is 9.10. The first-order valence-corrected chi connectivity index (χ1v) is 10.2. The summed E-state index contributed by atoms with van der Waals surface area (Å²) < 4.78 is 7.53. The third-order valence-corrected chi connectivity index (χ3v) is 5.15. The SMILES string of the molecule is O=C(N/N=C\c1ccc(OCc2ccc(Cl)cc2)c(Br)c1)c1ccc(Br)cc1. The van der Waals surface area contributed by atoms with Crippen LogP contribution >= 0.6 is 43.5 Å². The number of benzene rings is 3. The maximum absolute atomic E-state index is 12.0.